The van der Waals surface area contributed by atoms with Gasteiger partial charge in [0.1, 0.15) is 0 Å². The average molecular weight is 180 g/mol. The minimum Gasteiger partial charge on any atom is -0.399 e. The van der Waals surface area contributed by atoms with Crippen LogP contribution < -0.4 is 10.5 Å². The Hall–Kier alpha value is -0.830. The number of nitrogen functional groups attached to an aromatic ring is 1. The van der Waals surface area contributed by atoms with Gasteiger partial charge < -0.3 is 10.5 Å². The summed E-state index contributed by atoms with van der Waals surface area (Å²) in [7, 11) is 0. The van der Waals surface area contributed by atoms with Gasteiger partial charge in [0.2, 0.25) is 0 Å². The van der Waals surface area contributed by atoms with Gasteiger partial charge >= 0.3 is 0 Å². The maximum atomic E-state index is 5.63. The summed E-state index contributed by atoms with van der Waals surface area (Å²) in [6.45, 7) is 0. The van der Waals surface area contributed by atoms with Crippen LogP contribution in [0.1, 0.15) is 12.8 Å². The fourth-order valence-electron chi connectivity index (χ4n) is 0.939. The first-order chi connectivity index (χ1) is 5.84. The fourth-order valence-corrected chi connectivity index (χ4v) is 1.74. The van der Waals surface area contributed by atoms with Crippen LogP contribution in [0.3, 0.4) is 0 Å². The highest BCUT2D eigenvalue weighted by Crippen LogP contribution is 2.34. The van der Waals surface area contributed by atoms with Crippen LogP contribution in [0, 0.1) is 0 Å². The molecule has 1 fully saturated rings. The van der Waals surface area contributed by atoms with Crippen molar-refractivity contribution >= 4 is 23.3 Å². The zero-order chi connectivity index (χ0) is 8.39. The van der Waals surface area contributed by atoms with Gasteiger partial charge in [-0.05, 0) is 43.0 Å². The molecule has 0 saturated heterocycles. The highest BCUT2D eigenvalue weighted by atomic mass is 32.2. The molecule has 0 atom stereocenters. The van der Waals surface area contributed by atoms with Crippen LogP contribution in [0.25, 0.3) is 0 Å². The number of rotatable bonds is 3. The molecule has 3 heteroatoms. The summed E-state index contributed by atoms with van der Waals surface area (Å²) < 4.78 is 3.28. The first-order valence-electron chi connectivity index (χ1n) is 4.12. The van der Waals surface area contributed by atoms with E-state index in [1.54, 1.807) is 11.9 Å². The van der Waals surface area contributed by atoms with Crippen molar-refractivity contribution in [1.82, 2.24) is 0 Å². The van der Waals surface area contributed by atoms with E-state index in [1.807, 2.05) is 24.3 Å². The molecule has 1 aromatic rings. The maximum Gasteiger partial charge on any atom is 0.0460 e. The first-order valence-corrected chi connectivity index (χ1v) is 5.00. The zero-order valence-electron chi connectivity index (χ0n) is 6.79. The lowest BCUT2D eigenvalue weighted by atomic mass is 10.3. The van der Waals surface area contributed by atoms with Gasteiger partial charge in [-0.1, -0.05) is 6.07 Å². The van der Waals surface area contributed by atoms with Crippen LogP contribution in [-0.2, 0) is 0 Å². The molecule has 64 valence electrons. The van der Waals surface area contributed by atoms with Crippen LogP contribution in [0.4, 0.5) is 11.4 Å². The van der Waals surface area contributed by atoms with Crippen molar-refractivity contribution < 1.29 is 0 Å². The van der Waals surface area contributed by atoms with Crippen LogP contribution in [0.5, 0.6) is 0 Å². The van der Waals surface area contributed by atoms with Gasteiger partial charge in [-0.25, -0.2) is 0 Å². The van der Waals surface area contributed by atoms with Gasteiger partial charge in [0.05, 0.1) is 0 Å². The first kappa shape index (κ1) is 7.80. The summed E-state index contributed by atoms with van der Waals surface area (Å²) in [5, 5.41) is 0.825. The third-order valence-corrected chi connectivity index (χ3v) is 2.91. The van der Waals surface area contributed by atoms with Gasteiger partial charge in [-0.3, -0.25) is 0 Å². The van der Waals surface area contributed by atoms with E-state index < -0.39 is 0 Å². The Morgan fingerprint density at radius 2 is 2.25 bits per heavy atom. The molecule has 0 bridgehead atoms. The minimum atomic E-state index is 0.816. The Morgan fingerprint density at radius 1 is 1.42 bits per heavy atom. The topological polar surface area (TPSA) is 38.0 Å². The van der Waals surface area contributed by atoms with E-state index >= 15 is 0 Å². The SMILES string of the molecule is Nc1cccc(NSC2CC2)c1. The molecule has 12 heavy (non-hydrogen) atoms. The van der Waals surface area contributed by atoms with Crippen molar-refractivity contribution in [3.8, 4) is 0 Å². The minimum absolute atomic E-state index is 0.816. The molecule has 0 aromatic heterocycles. The molecule has 1 saturated carbocycles. The molecule has 1 aliphatic rings. The van der Waals surface area contributed by atoms with Gasteiger partial charge in [-0.15, -0.1) is 0 Å². The second-order valence-electron chi connectivity index (χ2n) is 3.04. The fraction of sp³-hybridized carbons (Fsp3) is 0.333. The van der Waals surface area contributed by atoms with E-state index in [1.165, 1.54) is 12.8 Å². The zero-order valence-corrected chi connectivity index (χ0v) is 7.60. The third-order valence-electron chi connectivity index (χ3n) is 1.75. The van der Waals surface area contributed by atoms with Crippen molar-refractivity contribution in [2.45, 2.75) is 18.1 Å². The van der Waals surface area contributed by atoms with Gasteiger partial charge in [-0.2, -0.15) is 0 Å². The average Bonchev–Trinajstić information content (AvgIpc) is 2.84. The molecule has 1 aliphatic carbocycles. The van der Waals surface area contributed by atoms with Gasteiger partial charge in [0.25, 0.3) is 0 Å². The summed E-state index contributed by atoms with van der Waals surface area (Å²) in [5.41, 5.74) is 7.55. The number of benzene rings is 1. The normalized spacial score (nSPS) is 16.0. The molecule has 1 aromatic carbocycles. The van der Waals surface area contributed by atoms with E-state index in [0.29, 0.717) is 0 Å². The summed E-state index contributed by atoms with van der Waals surface area (Å²) >= 11 is 1.80. The Balaban J connectivity index is 1.92. The van der Waals surface area contributed by atoms with Gasteiger partial charge in [0, 0.05) is 16.6 Å². The second-order valence-corrected chi connectivity index (χ2v) is 4.15. The highest BCUT2D eigenvalue weighted by Gasteiger charge is 2.21. The Labute approximate surface area is 76.7 Å². The summed E-state index contributed by atoms with van der Waals surface area (Å²) in [6.07, 6.45) is 2.69. The van der Waals surface area contributed by atoms with E-state index in [2.05, 4.69) is 4.72 Å². The molecule has 3 N–H and O–H groups in total. The Morgan fingerprint density at radius 3 is 2.92 bits per heavy atom. The van der Waals surface area contributed by atoms with Crippen LogP contribution >= 0.6 is 11.9 Å². The molecule has 0 heterocycles. The van der Waals surface area contributed by atoms with E-state index in [4.69, 9.17) is 5.73 Å². The third kappa shape index (κ3) is 2.08. The predicted molar refractivity (Wildman–Crippen MR) is 55.1 cm³/mol. The quantitative estimate of drug-likeness (QED) is 0.554. The molecule has 2 rings (SSSR count). The molecule has 2 nitrogen and oxygen atoms in total. The number of hydrogen-bond donors (Lipinski definition) is 2. The van der Waals surface area contributed by atoms with Crippen LogP contribution in [0.2, 0.25) is 0 Å². The molecule has 0 amide bonds. The number of nitrogens with two attached hydrogens (primary N) is 1. The van der Waals surface area contributed by atoms with Crippen molar-refractivity contribution in [3.63, 3.8) is 0 Å². The smallest absolute Gasteiger partial charge is 0.0460 e. The summed E-state index contributed by atoms with van der Waals surface area (Å²) in [4.78, 5) is 0. The van der Waals surface area contributed by atoms with Crippen molar-refractivity contribution in [1.29, 1.82) is 0 Å². The van der Waals surface area contributed by atoms with Crippen molar-refractivity contribution in [2.75, 3.05) is 10.5 Å². The molecule has 0 unspecified atom stereocenters. The second kappa shape index (κ2) is 3.27. The number of hydrogen-bond acceptors (Lipinski definition) is 3. The van der Waals surface area contributed by atoms with Crippen molar-refractivity contribution in [3.05, 3.63) is 24.3 Å². The molecule has 0 radical (unpaired) electrons. The molecular formula is C9H12N2S. The Bertz CT molecular complexity index is 271. The Kier molecular flexibility index (Phi) is 2.13. The van der Waals surface area contributed by atoms with E-state index in [0.717, 1.165) is 16.6 Å². The monoisotopic (exact) mass is 180 g/mol. The molecular weight excluding hydrogens is 168 g/mol. The summed E-state index contributed by atoms with van der Waals surface area (Å²) in [6, 6.07) is 7.85. The van der Waals surface area contributed by atoms with Crippen LogP contribution in [-0.4, -0.2) is 5.25 Å². The lowest BCUT2D eigenvalue weighted by Crippen LogP contribution is -1.90. The molecule has 0 spiro atoms. The lowest BCUT2D eigenvalue weighted by Gasteiger charge is -2.03. The predicted octanol–water partition coefficient (Wildman–Crippen LogP) is 2.49. The number of nitrogens with one attached hydrogen (secondary N) is 1. The van der Waals surface area contributed by atoms with E-state index in [9.17, 15) is 0 Å². The number of anilines is 2. The van der Waals surface area contributed by atoms with Crippen LogP contribution in [0.15, 0.2) is 24.3 Å². The standard InChI is InChI=1S/C9H12N2S/c10-7-2-1-3-8(6-7)11-12-9-4-5-9/h1-3,6,9,11H,4-5,10H2. The summed E-state index contributed by atoms with van der Waals surface area (Å²) in [5.74, 6) is 0. The van der Waals surface area contributed by atoms with Crippen molar-refractivity contribution in [2.24, 2.45) is 0 Å². The van der Waals surface area contributed by atoms with Gasteiger partial charge in [0.15, 0.2) is 0 Å². The lowest BCUT2D eigenvalue weighted by molar-refractivity contribution is 1.50. The van der Waals surface area contributed by atoms with E-state index in [-0.39, 0.29) is 0 Å². The molecule has 0 aliphatic heterocycles. The maximum absolute atomic E-state index is 5.63. The largest absolute Gasteiger partial charge is 0.399 e. The highest BCUT2D eigenvalue weighted by molar-refractivity contribution is 8.01.